The van der Waals surface area contributed by atoms with E-state index in [0.717, 1.165) is 27.1 Å². The van der Waals surface area contributed by atoms with Gasteiger partial charge in [0.05, 0.1) is 22.0 Å². The van der Waals surface area contributed by atoms with Crippen LogP contribution in [0.1, 0.15) is 37.6 Å². The lowest BCUT2D eigenvalue weighted by atomic mass is 10.0. The summed E-state index contributed by atoms with van der Waals surface area (Å²) in [6.07, 6.45) is 1.01. The molecule has 30 heavy (non-hydrogen) atoms. The number of aliphatic hydroxyl groups is 1. The minimum Gasteiger partial charge on any atom is -0.384 e. The SMILES string of the molecule is CCc1ccccc1-c1ccc(-c2cc(C(C)(C)O)nn2-c2ccccc2CI)s1. The first-order valence-electron chi connectivity index (χ1n) is 10.1. The van der Waals surface area contributed by atoms with E-state index in [0.29, 0.717) is 5.69 Å². The Kier molecular flexibility index (Phi) is 6.14. The van der Waals surface area contributed by atoms with Gasteiger partial charge in [-0.1, -0.05) is 72.0 Å². The maximum Gasteiger partial charge on any atom is 0.103 e. The molecular formula is C25H25IN2OS. The maximum absolute atomic E-state index is 10.6. The highest BCUT2D eigenvalue weighted by Crippen LogP contribution is 2.38. The highest BCUT2D eigenvalue weighted by Gasteiger charge is 2.24. The molecule has 0 aliphatic heterocycles. The fourth-order valence-corrected chi connectivity index (χ4v) is 5.27. The van der Waals surface area contributed by atoms with Gasteiger partial charge in [-0.3, -0.25) is 0 Å². The third-order valence-electron chi connectivity index (χ3n) is 5.22. The Labute approximate surface area is 195 Å². The van der Waals surface area contributed by atoms with Crippen LogP contribution in [0.5, 0.6) is 0 Å². The molecule has 0 spiro atoms. The summed E-state index contributed by atoms with van der Waals surface area (Å²) < 4.78 is 2.88. The molecule has 0 aliphatic carbocycles. The number of nitrogens with zero attached hydrogens (tertiary/aromatic N) is 2. The van der Waals surface area contributed by atoms with Gasteiger partial charge in [0.15, 0.2) is 0 Å². The molecule has 0 amide bonds. The van der Waals surface area contributed by atoms with Gasteiger partial charge in [0.2, 0.25) is 0 Å². The predicted octanol–water partition coefficient (Wildman–Crippen LogP) is 6.99. The van der Waals surface area contributed by atoms with Crippen molar-refractivity contribution >= 4 is 33.9 Å². The average molecular weight is 528 g/mol. The fourth-order valence-electron chi connectivity index (χ4n) is 3.56. The van der Waals surface area contributed by atoms with Gasteiger partial charge in [0.1, 0.15) is 5.60 Å². The van der Waals surface area contributed by atoms with Crippen molar-refractivity contribution in [2.75, 3.05) is 0 Å². The largest absolute Gasteiger partial charge is 0.384 e. The Bertz CT molecular complexity index is 1170. The van der Waals surface area contributed by atoms with Crippen LogP contribution in [0, 0.1) is 0 Å². The number of aryl methyl sites for hydroxylation is 1. The lowest BCUT2D eigenvalue weighted by molar-refractivity contribution is 0.0734. The summed E-state index contributed by atoms with van der Waals surface area (Å²) in [5.74, 6) is 0. The molecule has 0 bridgehead atoms. The molecule has 0 atom stereocenters. The molecule has 2 aromatic heterocycles. The highest BCUT2D eigenvalue weighted by molar-refractivity contribution is 14.1. The second-order valence-corrected chi connectivity index (χ2v) is 9.67. The number of thiophene rings is 1. The molecule has 3 nitrogen and oxygen atoms in total. The first-order chi connectivity index (χ1) is 14.4. The minimum atomic E-state index is -1.01. The molecule has 0 unspecified atom stereocenters. The number of para-hydroxylation sites is 1. The first-order valence-corrected chi connectivity index (χ1v) is 12.4. The van der Waals surface area contributed by atoms with Crippen LogP contribution >= 0.6 is 33.9 Å². The summed E-state index contributed by atoms with van der Waals surface area (Å²) in [7, 11) is 0. The minimum absolute atomic E-state index is 0.671. The summed E-state index contributed by atoms with van der Waals surface area (Å²) in [6, 6.07) is 23.3. The van der Waals surface area contributed by atoms with E-state index in [1.54, 1.807) is 25.2 Å². The zero-order chi connectivity index (χ0) is 21.3. The summed E-state index contributed by atoms with van der Waals surface area (Å²) >= 11 is 4.16. The van der Waals surface area contributed by atoms with Crippen LogP contribution in [0.25, 0.3) is 26.7 Å². The third kappa shape index (κ3) is 4.11. The summed E-state index contributed by atoms with van der Waals surface area (Å²) in [4.78, 5) is 2.39. The van der Waals surface area contributed by atoms with Gasteiger partial charge in [-0.15, -0.1) is 11.3 Å². The molecular weight excluding hydrogens is 503 g/mol. The Morgan fingerprint density at radius 3 is 2.33 bits per heavy atom. The van der Waals surface area contributed by atoms with Gasteiger partial charge in [-0.05, 0) is 61.2 Å². The first kappa shape index (κ1) is 21.3. The van der Waals surface area contributed by atoms with Crippen molar-refractivity contribution in [3.05, 3.63) is 83.6 Å². The van der Waals surface area contributed by atoms with Crippen LogP contribution in [0.4, 0.5) is 0 Å². The van der Waals surface area contributed by atoms with E-state index in [1.165, 1.54) is 21.6 Å². The van der Waals surface area contributed by atoms with E-state index in [-0.39, 0.29) is 0 Å². The van der Waals surface area contributed by atoms with E-state index in [1.807, 2.05) is 16.8 Å². The van der Waals surface area contributed by atoms with Gasteiger partial charge in [0.25, 0.3) is 0 Å². The van der Waals surface area contributed by atoms with Crippen LogP contribution in [0.3, 0.4) is 0 Å². The van der Waals surface area contributed by atoms with Crippen LogP contribution < -0.4 is 0 Å². The lowest BCUT2D eigenvalue weighted by Gasteiger charge is -2.13. The van der Waals surface area contributed by atoms with Crippen LogP contribution in [0.15, 0.2) is 66.7 Å². The summed E-state index contributed by atoms with van der Waals surface area (Å²) in [5.41, 5.74) is 5.59. The summed E-state index contributed by atoms with van der Waals surface area (Å²) in [6.45, 7) is 5.76. The summed E-state index contributed by atoms with van der Waals surface area (Å²) in [5, 5.41) is 15.4. The van der Waals surface area contributed by atoms with Gasteiger partial charge in [-0.25, -0.2) is 4.68 Å². The molecule has 0 radical (unpaired) electrons. The van der Waals surface area contributed by atoms with Crippen LogP contribution in [-0.2, 0) is 16.4 Å². The number of rotatable bonds is 6. The Morgan fingerprint density at radius 2 is 1.63 bits per heavy atom. The highest BCUT2D eigenvalue weighted by atomic mass is 127. The number of benzene rings is 2. The quantitative estimate of drug-likeness (QED) is 0.216. The molecule has 0 saturated carbocycles. The number of aromatic nitrogens is 2. The maximum atomic E-state index is 10.6. The zero-order valence-corrected chi connectivity index (χ0v) is 20.4. The fraction of sp³-hybridized carbons (Fsp3) is 0.240. The van der Waals surface area contributed by atoms with E-state index >= 15 is 0 Å². The monoisotopic (exact) mass is 528 g/mol. The smallest absolute Gasteiger partial charge is 0.103 e. The Balaban J connectivity index is 1.87. The normalized spacial score (nSPS) is 11.8. The molecule has 154 valence electrons. The zero-order valence-electron chi connectivity index (χ0n) is 17.4. The topological polar surface area (TPSA) is 38.1 Å². The van der Waals surface area contributed by atoms with Gasteiger partial charge in [0, 0.05) is 9.30 Å². The van der Waals surface area contributed by atoms with E-state index in [2.05, 4.69) is 84.1 Å². The van der Waals surface area contributed by atoms with E-state index < -0.39 is 5.60 Å². The third-order valence-corrected chi connectivity index (χ3v) is 7.18. The Morgan fingerprint density at radius 1 is 0.967 bits per heavy atom. The van der Waals surface area contributed by atoms with Crippen molar-refractivity contribution in [1.82, 2.24) is 9.78 Å². The molecule has 4 aromatic rings. The van der Waals surface area contributed by atoms with Crippen molar-refractivity contribution in [1.29, 1.82) is 0 Å². The van der Waals surface area contributed by atoms with Crippen molar-refractivity contribution in [2.45, 2.75) is 37.2 Å². The molecule has 0 aliphatic rings. The van der Waals surface area contributed by atoms with Crippen molar-refractivity contribution in [3.8, 4) is 26.7 Å². The number of hydrogen-bond acceptors (Lipinski definition) is 3. The lowest BCUT2D eigenvalue weighted by Crippen LogP contribution is -2.16. The molecule has 5 heteroatoms. The van der Waals surface area contributed by atoms with Crippen LogP contribution in [-0.4, -0.2) is 14.9 Å². The number of halogens is 1. The Hall–Kier alpha value is -1.96. The average Bonchev–Trinajstić information content (AvgIpc) is 3.40. The van der Waals surface area contributed by atoms with Gasteiger partial charge >= 0.3 is 0 Å². The van der Waals surface area contributed by atoms with Gasteiger partial charge in [-0.2, -0.15) is 5.10 Å². The number of hydrogen-bond donors (Lipinski definition) is 1. The van der Waals surface area contributed by atoms with Crippen molar-refractivity contribution in [3.63, 3.8) is 0 Å². The molecule has 0 saturated heterocycles. The van der Waals surface area contributed by atoms with Crippen molar-refractivity contribution < 1.29 is 5.11 Å². The van der Waals surface area contributed by atoms with E-state index in [4.69, 9.17) is 5.10 Å². The second kappa shape index (κ2) is 8.65. The molecule has 2 aromatic carbocycles. The standard InChI is InChI=1S/C25H25IN2OS/c1-4-17-9-5-7-11-19(17)22-13-14-23(30-22)21-15-24(25(2,3)29)27-28(21)20-12-8-6-10-18(20)16-26/h5-15,29H,4,16H2,1-3H3. The van der Waals surface area contributed by atoms with Crippen LogP contribution in [0.2, 0.25) is 0 Å². The van der Waals surface area contributed by atoms with Gasteiger partial charge < -0.3 is 5.11 Å². The van der Waals surface area contributed by atoms with E-state index in [9.17, 15) is 5.11 Å². The molecule has 0 fully saturated rings. The predicted molar refractivity (Wildman–Crippen MR) is 135 cm³/mol. The van der Waals surface area contributed by atoms with Crippen molar-refractivity contribution in [2.24, 2.45) is 0 Å². The molecule has 1 N–H and O–H groups in total. The second-order valence-electron chi connectivity index (χ2n) is 7.82. The molecule has 4 rings (SSSR count). The number of alkyl halides is 1. The molecule has 2 heterocycles.